The molecule has 1 unspecified atom stereocenters. The third-order valence-corrected chi connectivity index (χ3v) is 1.33. The maximum Gasteiger partial charge on any atom is 0.141 e. The molecule has 1 fully saturated rings. The maximum atomic E-state index is 5.06. The number of hydrogen-bond donors (Lipinski definition) is 1. The van der Waals surface area contributed by atoms with Crippen molar-refractivity contribution >= 4 is 6.21 Å². The van der Waals surface area contributed by atoms with Gasteiger partial charge in [0.05, 0.1) is 0 Å². The number of nitrogens with one attached hydrogen (secondary N) is 1. The quantitative estimate of drug-likeness (QED) is 0.430. The Morgan fingerprint density at radius 3 is 3.22 bits per heavy atom. The first-order valence-electron chi connectivity index (χ1n) is 3.28. The molecule has 1 atom stereocenters. The molecule has 1 aliphatic heterocycles. The van der Waals surface area contributed by atoms with Crippen LogP contribution in [0.2, 0.25) is 0 Å². The predicted octanol–water partition coefficient (Wildman–Crippen LogP) is 0.371. The third-order valence-electron chi connectivity index (χ3n) is 1.33. The number of rotatable bonds is 2. The van der Waals surface area contributed by atoms with E-state index in [9.17, 15) is 0 Å². The molecule has 1 heterocycles. The molecule has 1 aliphatic rings. The number of nitrogens with zero attached hydrogens (tertiary/aromatic N) is 1. The normalized spacial score (nSPS) is 27.4. The summed E-state index contributed by atoms with van der Waals surface area (Å²) < 4.78 is 0. The zero-order valence-electron chi connectivity index (χ0n) is 5.63. The fraction of sp³-hybridized carbons (Fsp3) is 0.833. The van der Waals surface area contributed by atoms with Gasteiger partial charge in [0.2, 0.25) is 0 Å². The van der Waals surface area contributed by atoms with Crippen molar-refractivity contribution in [3.8, 4) is 0 Å². The van der Waals surface area contributed by atoms with Gasteiger partial charge in [-0.3, -0.25) is 0 Å². The van der Waals surface area contributed by atoms with Gasteiger partial charge in [0, 0.05) is 19.2 Å². The molecule has 0 amide bonds. The van der Waals surface area contributed by atoms with E-state index in [1.807, 2.05) is 6.92 Å². The van der Waals surface area contributed by atoms with Crippen LogP contribution in [0.1, 0.15) is 13.3 Å². The van der Waals surface area contributed by atoms with E-state index in [-0.39, 0.29) is 0 Å². The summed E-state index contributed by atoms with van der Waals surface area (Å²) in [6.45, 7) is 3.85. The van der Waals surface area contributed by atoms with E-state index in [1.165, 1.54) is 0 Å². The topological polar surface area (TPSA) is 33.6 Å². The SMILES string of the molecule is CC=NOC1CCNC1. The summed E-state index contributed by atoms with van der Waals surface area (Å²) in [7, 11) is 0. The summed E-state index contributed by atoms with van der Waals surface area (Å²) in [5, 5.41) is 6.87. The van der Waals surface area contributed by atoms with E-state index in [2.05, 4.69) is 10.5 Å². The monoisotopic (exact) mass is 128 g/mol. The lowest BCUT2D eigenvalue weighted by Crippen LogP contribution is -2.14. The van der Waals surface area contributed by atoms with Gasteiger partial charge in [-0.2, -0.15) is 0 Å². The lowest BCUT2D eigenvalue weighted by Gasteiger charge is -2.03. The summed E-state index contributed by atoms with van der Waals surface area (Å²) in [5.41, 5.74) is 0. The van der Waals surface area contributed by atoms with Gasteiger partial charge >= 0.3 is 0 Å². The van der Waals surface area contributed by atoms with E-state index in [4.69, 9.17) is 4.84 Å². The van der Waals surface area contributed by atoms with Gasteiger partial charge in [-0.25, -0.2) is 0 Å². The Morgan fingerprint density at radius 2 is 2.67 bits per heavy atom. The van der Waals surface area contributed by atoms with Gasteiger partial charge in [-0.15, -0.1) is 0 Å². The number of hydrogen-bond acceptors (Lipinski definition) is 3. The third kappa shape index (κ3) is 2.01. The largest absolute Gasteiger partial charge is 0.391 e. The average Bonchev–Trinajstić information content (AvgIpc) is 2.34. The Kier molecular flexibility index (Phi) is 2.51. The van der Waals surface area contributed by atoms with Crippen LogP contribution in [0.5, 0.6) is 0 Å². The molecule has 0 aliphatic carbocycles. The van der Waals surface area contributed by atoms with Gasteiger partial charge < -0.3 is 10.2 Å². The zero-order chi connectivity index (χ0) is 6.53. The second kappa shape index (κ2) is 3.45. The molecule has 0 aromatic heterocycles. The molecule has 0 aromatic carbocycles. The maximum absolute atomic E-state index is 5.06. The molecule has 0 aromatic rings. The van der Waals surface area contributed by atoms with Crippen LogP contribution in [-0.4, -0.2) is 25.4 Å². The number of oxime groups is 1. The molecule has 52 valence electrons. The van der Waals surface area contributed by atoms with Crippen LogP contribution < -0.4 is 5.32 Å². The molecule has 1 saturated heterocycles. The van der Waals surface area contributed by atoms with Crippen LogP contribution in [0.3, 0.4) is 0 Å². The Hall–Kier alpha value is -0.570. The van der Waals surface area contributed by atoms with Crippen LogP contribution >= 0.6 is 0 Å². The van der Waals surface area contributed by atoms with E-state index in [0.29, 0.717) is 6.10 Å². The highest BCUT2D eigenvalue weighted by atomic mass is 16.6. The van der Waals surface area contributed by atoms with Gasteiger partial charge in [0.25, 0.3) is 0 Å². The molecular weight excluding hydrogens is 116 g/mol. The van der Waals surface area contributed by atoms with Gasteiger partial charge in [-0.1, -0.05) is 5.16 Å². The van der Waals surface area contributed by atoms with Crippen molar-refractivity contribution in [2.75, 3.05) is 13.1 Å². The first kappa shape index (κ1) is 6.55. The highest BCUT2D eigenvalue weighted by Gasteiger charge is 2.14. The molecule has 0 spiro atoms. The lowest BCUT2D eigenvalue weighted by atomic mass is 10.3. The average molecular weight is 128 g/mol. The fourth-order valence-electron chi connectivity index (χ4n) is 0.865. The van der Waals surface area contributed by atoms with E-state index >= 15 is 0 Å². The Bertz CT molecular complexity index is 97.2. The molecular formula is C6H12N2O. The lowest BCUT2D eigenvalue weighted by molar-refractivity contribution is 0.0746. The van der Waals surface area contributed by atoms with Crippen LogP contribution in [-0.2, 0) is 4.84 Å². The van der Waals surface area contributed by atoms with Crippen molar-refractivity contribution in [2.24, 2.45) is 5.16 Å². The Balaban J connectivity index is 2.11. The summed E-state index contributed by atoms with van der Waals surface area (Å²) in [4.78, 5) is 5.06. The first-order valence-corrected chi connectivity index (χ1v) is 3.28. The first-order chi connectivity index (χ1) is 4.43. The van der Waals surface area contributed by atoms with Crippen LogP contribution in [0, 0.1) is 0 Å². The fourth-order valence-corrected chi connectivity index (χ4v) is 0.865. The molecule has 3 heteroatoms. The molecule has 0 radical (unpaired) electrons. The molecule has 0 bridgehead atoms. The second-order valence-electron chi connectivity index (χ2n) is 2.08. The van der Waals surface area contributed by atoms with Crippen molar-refractivity contribution in [1.29, 1.82) is 0 Å². The zero-order valence-corrected chi connectivity index (χ0v) is 5.63. The highest BCUT2D eigenvalue weighted by molar-refractivity contribution is 5.52. The summed E-state index contributed by atoms with van der Waals surface area (Å²) in [6.07, 6.45) is 3.05. The van der Waals surface area contributed by atoms with Crippen molar-refractivity contribution in [1.82, 2.24) is 5.32 Å². The van der Waals surface area contributed by atoms with E-state index in [1.54, 1.807) is 6.21 Å². The smallest absolute Gasteiger partial charge is 0.141 e. The van der Waals surface area contributed by atoms with E-state index < -0.39 is 0 Å². The molecule has 3 nitrogen and oxygen atoms in total. The van der Waals surface area contributed by atoms with Crippen LogP contribution in [0.4, 0.5) is 0 Å². The van der Waals surface area contributed by atoms with E-state index in [0.717, 1.165) is 19.5 Å². The highest BCUT2D eigenvalue weighted by Crippen LogP contribution is 2.01. The molecule has 0 saturated carbocycles. The van der Waals surface area contributed by atoms with Crippen LogP contribution in [0.15, 0.2) is 5.16 Å². The van der Waals surface area contributed by atoms with Crippen LogP contribution in [0.25, 0.3) is 0 Å². The van der Waals surface area contributed by atoms with Crippen molar-refractivity contribution < 1.29 is 4.84 Å². The molecule has 1 N–H and O–H groups in total. The van der Waals surface area contributed by atoms with Gasteiger partial charge in [-0.05, 0) is 13.5 Å². The Labute approximate surface area is 55.1 Å². The second-order valence-corrected chi connectivity index (χ2v) is 2.08. The van der Waals surface area contributed by atoms with Gasteiger partial charge in [0.15, 0.2) is 0 Å². The molecule has 9 heavy (non-hydrogen) atoms. The standard InChI is InChI=1S/C6H12N2O/c1-2-8-9-6-3-4-7-5-6/h2,6-7H,3-5H2,1H3. The summed E-state index contributed by atoms with van der Waals surface area (Å²) in [6, 6.07) is 0. The van der Waals surface area contributed by atoms with Crippen molar-refractivity contribution in [2.45, 2.75) is 19.4 Å². The van der Waals surface area contributed by atoms with Crippen molar-refractivity contribution in [3.05, 3.63) is 0 Å². The predicted molar refractivity (Wildman–Crippen MR) is 36.5 cm³/mol. The summed E-state index contributed by atoms with van der Waals surface area (Å²) >= 11 is 0. The minimum atomic E-state index is 0.307. The van der Waals surface area contributed by atoms with Crippen molar-refractivity contribution in [3.63, 3.8) is 0 Å². The minimum absolute atomic E-state index is 0.307. The minimum Gasteiger partial charge on any atom is -0.391 e. The summed E-state index contributed by atoms with van der Waals surface area (Å²) in [5.74, 6) is 0. The Morgan fingerprint density at radius 1 is 1.78 bits per heavy atom. The molecule has 1 rings (SSSR count). The van der Waals surface area contributed by atoms with Gasteiger partial charge in [0.1, 0.15) is 6.10 Å².